The molecule has 0 saturated heterocycles. The highest BCUT2D eigenvalue weighted by atomic mass is 16.3. The molecular weight excluding hydrogens is 699 g/mol. The van der Waals surface area contributed by atoms with Gasteiger partial charge < -0.3 is 13.6 Å². The summed E-state index contributed by atoms with van der Waals surface area (Å²) < 4.78 is 11.1. The second-order valence-electron chi connectivity index (χ2n) is 14.4. The highest BCUT2D eigenvalue weighted by Crippen LogP contribution is 2.42. The second-order valence-corrected chi connectivity index (χ2v) is 14.4. The van der Waals surface area contributed by atoms with Crippen LogP contribution in [0.5, 0.6) is 0 Å². The van der Waals surface area contributed by atoms with Gasteiger partial charge in [0.05, 0.1) is 22.1 Å². The molecule has 0 N–H and O–H groups in total. The molecule has 0 aliphatic rings. The molecule has 12 aromatic rings. The zero-order valence-corrected chi connectivity index (χ0v) is 30.5. The first-order chi connectivity index (χ1) is 28.3. The van der Waals surface area contributed by atoms with E-state index in [-0.39, 0.29) is 0 Å². The van der Waals surface area contributed by atoms with Gasteiger partial charge in [-0.25, -0.2) is 15.0 Å². The SMILES string of the molecule is c1ccc(-c2nc(-c3cccc(-n4c5ccccc5c5ccc6c7ccccc7n(-c7ccccc7)c6c54)c3)nc(-c3cccc4oc5ccccc5c34)n2)cc1. The summed E-state index contributed by atoms with van der Waals surface area (Å²) in [5, 5.41) is 6.82. The molecule has 12 rings (SSSR count). The molecule has 0 unspecified atom stereocenters. The summed E-state index contributed by atoms with van der Waals surface area (Å²) in [6, 6.07) is 65.5. The van der Waals surface area contributed by atoms with E-state index in [1.54, 1.807) is 0 Å². The molecule has 0 saturated carbocycles. The van der Waals surface area contributed by atoms with E-state index in [0.717, 1.165) is 66.6 Å². The van der Waals surface area contributed by atoms with Gasteiger partial charge in [0.15, 0.2) is 17.5 Å². The number of hydrogen-bond donors (Lipinski definition) is 0. The Kier molecular flexibility index (Phi) is 6.83. The van der Waals surface area contributed by atoms with E-state index < -0.39 is 0 Å². The molecule has 57 heavy (non-hydrogen) atoms. The minimum absolute atomic E-state index is 0.590. The number of para-hydroxylation sites is 4. The van der Waals surface area contributed by atoms with Crippen molar-refractivity contribution in [3.8, 4) is 45.5 Å². The number of fused-ring (bicyclic) bond motifs is 10. The monoisotopic (exact) mass is 729 g/mol. The van der Waals surface area contributed by atoms with Crippen molar-refractivity contribution in [2.75, 3.05) is 0 Å². The molecule has 6 heteroatoms. The average Bonchev–Trinajstić information content (AvgIpc) is 3.95. The Balaban J connectivity index is 1.13. The Morgan fingerprint density at radius 1 is 0.351 bits per heavy atom. The second kappa shape index (κ2) is 12.3. The first kappa shape index (κ1) is 31.5. The summed E-state index contributed by atoms with van der Waals surface area (Å²) >= 11 is 0. The molecule has 8 aromatic carbocycles. The molecular formula is C51H31N5O. The summed E-state index contributed by atoms with van der Waals surface area (Å²) in [7, 11) is 0. The van der Waals surface area contributed by atoms with E-state index in [1.165, 1.54) is 27.1 Å². The summed E-state index contributed by atoms with van der Waals surface area (Å²) in [6.07, 6.45) is 0. The number of hydrogen-bond acceptors (Lipinski definition) is 4. The maximum Gasteiger partial charge on any atom is 0.164 e. The standard InChI is InChI=1S/C51H31N5O/c1-3-15-32(16-4-1)49-52-50(54-51(53-49)41-24-14-28-45-46(41)40-23-9-12-27-44(40)57-45)33-17-13-20-35(31-33)56-43-26-11-8-22-37(43)39-30-29-38-36-21-7-10-25-42(36)55(47(38)48(39)56)34-18-5-2-6-19-34/h1-31H. The fourth-order valence-electron chi connectivity index (χ4n) is 8.70. The van der Waals surface area contributed by atoms with Crippen molar-refractivity contribution in [3.05, 3.63) is 188 Å². The van der Waals surface area contributed by atoms with Crippen LogP contribution in [-0.2, 0) is 0 Å². The van der Waals surface area contributed by atoms with Crippen LogP contribution in [-0.4, -0.2) is 24.1 Å². The molecule has 0 bridgehead atoms. The van der Waals surface area contributed by atoms with Crippen molar-refractivity contribution in [1.82, 2.24) is 24.1 Å². The third kappa shape index (κ3) is 4.81. The lowest BCUT2D eigenvalue weighted by Crippen LogP contribution is -2.02. The maximum absolute atomic E-state index is 6.28. The lowest BCUT2D eigenvalue weighted by molar-refractivity contribution is 0.669. The summed E-state index contributed by atoms with van der Waals surface area (Å²) in [6.45, 7) is 0. The zero-order valence-electron chi connectivity index (χ0n) is 30.5. The van der Waals surface area contributed by atoms with Crippen LogP contribution < -0.4 is 0 Å². The van der Waals surface area contributed by atoms with Gasteiger partial charge in [0, 0.05) is 60.4 Å². The van der Waals surface area contributed by atoms with Crippen molar-refractivity contribution in [2.24, 2.45) is 0 Å². The molecule has 4 heterocycles. The summed E-state index contributed by atoms with van der Waals surface area (Å²) in [5.41, 5.74) is 11.1. The Morgan fingerprint density at radius 2 is 0.860 bits per heavy atom. The normalized spacial score (nSPS) is 11.9. The van der Waals surface area contributed by atoms with Crippen LogP contribution in [0.1, 0.15) is 0 Å². The minimum atomic E-state index is 0.590. The van der Waals surface area contributed by atoms with Gasteiger partial charge in [0.25, 0.3) is 0 Å². The largest absolute Gasteiger partial charge is 0.456 e. The average molecular weight is 730 g/mol. The van der Waals surface area contributed by atoms with Crippen molar-refractivity contribution in [3.63, 3.8) is 0 Å². The van der Waals surface area contributed by atoms with Gasteiger partial charge in [-0.1, -0.05) is 140 Å². The first-order valence-corrected chi connectivity index (χ1v) is 19.1. The van der Waals surface area contributed by atoms with E-state index in [9.17, 15) is 0 Å². The number of rotatable bonds is 5. The Labute approximate surface area is 326 Å². The lowest BCUT2D eigenvalue weighted by Gasteiger charge is -2.14. The van der Waals surface area contributed by atoms with Gasteiger partial charge in [-0.15, -0.1) is 0 Å². The molecule has 4 aromatic heterocycles. The van der Waals surface area contributed by atoms with Gasteiger partial charge in [0.1, 0.15) is 11.2 Å². The highest BCUT2D eigenvalue weighted by Gasteiger charge is 2.22. The quantitative estimate of drug-likeness (QED) is 0.177. The van der Waals surface area contributed by atoms with Crippen LogP contribution in [0, 0.1) is 0 Å². The van der Waals surface area contributed by atoms with Crippen LogP contribution in [0.25, 0.3) is 111 Å². The van der Waals surface area contributed by atoms with Crippen LogP contribution in [0.4, 0.5) is 0 Å². The Hall–Kier alpha value is -7.83. The minimum Gasteiger partial charge on any atom is -0.456 e. The number of benzene rings is 8. The predicted octanol–water partition coefficient (Wildman–Crippen LogP) is 13.0. The third-order valence-electron chi connectivity index (χ3n) is 11.2. The van der Waals surface area contributed by atoms with Gasteiger partial charge in [-0.05, 0) is 48.5 Å². The van der Waals surface area contributed by atoms with E-state index in [0.29, 0.717) is 17.5 Å². The van der Waals surface area contributed by atoms with Crippen LogP contribution in [0.2, 0.25) is 0 Å². The molecule has 0 radical (unpaired) electrons. The van der Waals surface area contributed by atoms with Crippen LogP contribution in [0.15, 0.2) is 192 Å². The van der Waals surface area contributed by atoms with Crippen LogP contribution in [0.3, 0.4) is 0 Å². The van der Waals surface area contributed by atoms with Crippen molar-refractivity contribution in [1.29, 1.82) is 0 Å². The molecule has 0 fully saturated rings. The zero-order chi connectivity index (χ0) is 37.5. The number of furan rings is 1. The van der Waals surface area contributed by atoms with E-state index >= 15 is 0 Å². The predicted molar refractivity (Wildman–Crippen MR) is 232 cm³/mol. The van der Waals surface area contributed by atoms with E-state index in [4.69, 9.17) is 19.4 Å². The third-order valence-corrected chi connectivity index (χ3v) is 11.2. The molecule has 0 spiro atoms. The molecule has 0 atom stereocenters. The smallest absolute Gasteiger partial charge is 0.164 e. The molecule has 0 aliphatic carbocycles. The van der Waals surface area contributed by atoms with Crippen molar-refractivity contribution < 1.29 is 4.42 Å². The fourth-order valence-corrected chi connectivity index (χ4v) is 8.70. The summed E-state index contributed by atoms with van der Waals surface area (Å²) in [4.78, 5) is 15.5. The first-order valence-electron chi connectivity index (χ1n) is 19.1. The van der Waals surface area contributed by atoms with E-state index in [1.807, 2.05) is 60.7 Å². The van der Waals surface area contributed by atoms with Crippen molar-refractivity contribution >= 4 is 65.6 Å². The number of aromatic nitrogens is 5. The van der Waals surface area contributed by atoms with Gasteiger partial charge in [0.2, 0.25) is 0 Å². The van der Waals surface area contributed by atoms with E-state index in [2.05, 4.69) is 137 Å². The lowest BCUT2D eigenvalue weighted by atomic mass is 10.1. The Morgan fingerprint density at radius 3 is 1.58 bits per heavy atom. The molecule has 6 nitrogen and oxygen atoms in total. The maximum atomic E-state index is 6.28. The summed E-state index contributed by atoms with van der Waals surface area (Å²) in [5.74, 6) is 1.79. The molecule has 0 aliphatic heterocycles. The fraction of sp³-hybridized carbons (Fsp3) is 0. The van der Waals surface area contributed by atoms with Crippen LogP contribution >= 0.6 is 0 Å². The highest BCUT2D eigenvalue weighted by molar-refractivity contribution is 6.24. The van der Waals surface area contributed by atoms with Gasteiger partial charge in [-0.3, -0.25) is 0 Å². The van der Waals surface area contributed by atoms with Gasteiger partial charge in [-0.2, -0.15) is 0 Å². The van der Waals surface area contributed by atoms with Gasteiger partial charge >= 0.3 is 0 Å². The Bertz CT molecular complexity index is 3520. The number of nitrogens with zero attached hydrogens (tertiary/aromatic N) is 5. The topological polar surface area (TPSA) is 61.7 Å². The molecule has 266 valence electrons. The van der Waals surface area contributed by atoms with Crippen molar-refractivity contribution in [2.45, 2.75) is 0 Å². The molecule has 0 amide bonds.